The van der Waals surface area contributed by atoms with Crippen LogP contribution < -0.4 is 10.3 Å². The second-order valence-corrected chi connectivity index (χ2v) is 11.4. The summed E-state index contributed by atoms with van der Waals surface area (Å²) in [4.78, 5) is 43.4. The Morgan fingerprint density at radius 1 is 1.02 bits per heavy atom. The lowest BCUT2D eigenvalue weighted by Gasteiger charge is -2.22. The Bertz CT molecular complexity index is 1710. The van der Waals surface area contributed by atoms with Gasteiger partial charge >= 0.3 is 12.3 Å². The lowest BCUT2D eigenvalue weighted by molar-refractivity contribution is -0.325. The number of Topliss-reactive ketones (excluding diaryl/α,β-unsaturated/α-hetero) is 1. The summed E-state index contributed by atoms with van der Waals surface area (Å²) < 4.78 is 59.8. The van der Waals surface area contributed by atoms with Gasteiger partial charge in [-0.25, -0.2) is 9.78 Å². The minimum atomic E-state index is -4.93. The molecule has 0 saturated heterocycles. The van der Waals surface area contributed by atoms with Crippen molar-refractivity contribution < 1.29 is 41.4 Å². The summed E-state index contributed by atoms with van der Waals surface area (Å²) >= 11 is 6.27. The van der Waals surface area contributed by atoms with Gasteiger partial charge in [0.05, 0.1) is 37.7 Å². The van der Waals surface area contributed by atoms with E-state index in [1.165, 1.54) is 56.2 Å². The first kappa shape index (κ1) is 33.5. The number of nitrogens with zero attached hydrogens (tertiary/aromatic N) is 2. The number of pyridine rings is 1. The average Bonchev–Trinajstić information content (AvgIpc) is 3.49. The molecule has 0 aliphatic carbocycles. The van der Waals surface area contributed by atoms with E-state index in [2.05, 4.69) is 9.72 Å². The zero-order valence-corrected chi connectivity index (χ0v) is 25.6. The molecule has 2 aromatic carbocycles. The smallest absolute Gasteiger partial charge is 0.495 e. The van der Waals surface area contributed by atoms with E-state index in [9.17, 15) is 27.6 Å². The van der Waals surface area contributed by atoms with Gasteiger partial charge in [0.1, 0.15) is 11.4 Å². The molecular formula is C32H30ClF3N2O7. The number of aromatic nitrogens is 2. The van der Waals surface area contributed by atoms with E-state index in [1.54, 1.807) is 39.0 Å². The van der Waals surface area contributed by atoms with Crippen LogP contribution in [0, 0.1) is 0 Å². The molecule has 2 heterocycles. The number of methoxy groups -OCH3 is 1. The number of ether oxygens (including phenoxy) is 3. The van der Waals surface area contributed by atoms with Crippen LogP contribution in [-0.2, 0) is 20.7 Å². The number of carbonyl (C=O) groups excluding carboxylic acids is 2. The number of rotatable bonds is 11. The molecule has 0 N–H and O–H groups in total. The highest BCUT2D eigenvalue weighted by molar-refractivity contribution is 6.31. The number of ketones is 1. The third-order valence-electron chi connectivity index (χ3n) is 6.56. The number of halogens is 4. The van der Waals surface area contributed by atoms with Crippen LogP contribution >= 0.6 is 11.6 Å². The SMILES string of the molecule is COc1cn(C(CCOC(F)(F)F)C(=O)Cc2ccc(C(=O)OC(C)(C)C)cc2)c(=O)cc1-c1cc(Cl)ccc1-c1cnco1. The van der Waals surface area contributed by atoms with Crippen LogP contribution in [0.25, 0.3) is 22.5 Å². The van der Waals surface area contributed by atoms with Crippen molar-refractivity contribution in [1.29, 1.82) is 0 Å². The maximum atomic E-state index is 13.6. The van der Waals surface area contributed by atoms with Gasteiger partial charge in [0.25, 0.3) is 5.56 Å². The van der Waals surface area contributed by atoms with Crippen molar-refractivity contribution in [2.24, 2.45) is 0 Å². The minimum Gasteiger partial charge on any atom is -0.495 e. The van der Waals surface area contributed by atoms with E-state index < -0.39 is 48.3 Å². The maximum Gasteiger partial charge on any atom is 0.522 e. The summed E-state index contributed by atoms with van der Waals surface area (Å²) in [6, 6.07) is 10.8. The molecule has 1 atom stereocenters. The number of carbonyl (C=O) groups is 2. The lowest BCUT2D eigenvalue weighted by Crippen LogP contribution is -2.32. The third kappa shape index (κ3) is 8.83. The number of benzene rings is 2. The molecule has 0 spiro atoms. The molecule has 0 aliphatic rings. The first-order chi connectivity index (χ1) is 21.1. The summed E-state index contributed by atoms with van der Waals surface area (Å²) in [7, 11) is 1.35. The summed E-state index contributed by atoms with van der Waals surface area (Å²) in [6.45, 7) is 4.32. The Kier molecular flexibility index (Phi) is 10.2. The Morgan fingerprint density at radius 3 is 2.33 bits per heavy atom. The highest BCUT2D eigenvalue weighted by atomic mass is 35.5. The highest BCUT2D eigenvalue weighted by Gasteiger charge is 2.31. The second-order valence-electron chi connectivity index (χ2n) is 11.0. The van der Waals surface area contributed by atoms with Gasteiger partial charge in [0.2, 0.25) is 0 Å². The number of oxazole rings is 1. The van der Waals surface area contributed by atoms with Crippen molar-refractivity contribution in [2.45, 2.75) is 51.6 Å². The zero-order valence-electron chi connectivity index (χ0n) is 24.8. The van der Waals surface area contributed by atoms with Crippen LogP contribution in [0.4, 0.5) is 13.2 Å². The average molecular weight is 647 g/mol. The van der Waals surface area contributed by atoms with Crippen LogP contribution in [0.2, 0.25) is 5.02 Å². The van der Waals surface area contributed by atoms with Gasteiger partial charge in [-0.2, -0.15) is 0 Å². The third-order valence-corrected chi connectivity index (χ3v) is 6.80. The maximum absolute atomic E-state index is 13.6. The Hall–Kier alpha value is -4.42. The molecule has 9 nitrogen and oxygen atoms in total. The molecule has 4 aromatic rings. The fourth-order valence-corrected chi connectivity index (χ4v) is 4.78. The molecule has 0 fully saturated rings. The molecule has 1 unspecified atom stereocenters. The largest absolute Gasteiger partial charge is 0.522 e. The topological polar surface area (TPSA) is 110 Å². The molecule has 0 radical (unpaired) electrons. The normalized spacial score (nSPS) is 12.5. The van der Waals surface area contributed by atoms with Gasteiger partial charge in [-0.3, -0.25) is 14.3 Å². The van der Waals surface area contributed by atoms with E-state index in [1.807, 2.05) is 0 Å². The Morgan fingerprint density at radius 2 is 1.73 bits per heavy atom. The van der Waals surface area contributed by atoms with Crippen molar-refractivity contribution in [3.8, 4) is 28.2 Å². The summed E-state index contributed by atoms with van der Waals surface area (Å²) in [5, 5.41) is 0.356. The summed E-state index contributed by atoms with van der Waals surface area (Å²) in [6.07, 6.45) is -1.64. The van der Waals surface area contributed by atoms with Crippen LogP contribution in [0.15, 0.2) is 76.5 Å². The molecule has 238 valence electrons. The van der Waals surface area contributed by atoms with Crippen molar-refractivity contribution >= 4 is 23.4 Å². The number of hydrogen-bond acceptors (Lipinski definition) is 8. The highest BCUT2D eigenvalue weighted by Crippen LogP contribution is 2.38. The van der Waals surface area contributed by atoms with Gasteiger partial charge in [-0.15, -0.1) is 13.2 Å². The molecule has 2 aromatic heterocycles. The van der Waals surface area contributed by atoms with E-state index in [0.717, 1.165) is 4.57 Å². The van der Waals surface area contributed by atoms with Crippen LogP contribution in [0.3, 0.4) is 0 Å². The molecule has 4 rings (SSSR count). The predicted octanol–water partition coefficient (Wildman–Crippen LogP) is 7.07. The zero-order chi connectivity index (χ0) is 32.9. The standard InChI is InChI=1S/C32H30ClF3N2O7/c1-31(2,3)45-30(41)20-7-5-19(6-8-20)13-26(39)25(11-12-44-32(34,35)36)38-17-28(42-4)24(15-29(38)40)23-14-21(33)9-10-22(23)27-16-37-18-43-27/h5-10,14-18,25H,11-13H2,1-4H3. The first-order valence-corrected chi connectivity index (χ1v) is 14.1. The fraction of sp³-hybridized carbons (Fsp3) is 0.312. The van der Waals surface area contributed by atoms with Crippen LogP contribution in [0.1, 0.15) is 49.2 Å². The Labute approximate surface area is 261 Å². The van der Waals surface area contributed by atoms with Crippen LogP contribution in [-0.4, -0.2) is 47.0 Å². The van der Waals surface area contributed by atoms with Gasteiger partial charge in [-0.1, -0.05) is 23.7 Å². The number of hydrogen-bond donors (Lipinski definition) is 0. The molecule has 13 heteroatoms. The van der Waals surface area contributed by atoms with Crippen molar-refractivity contribution in [3.05, 3.63) is 93.8 Å². The van der Waals surface area contributed by atoms with Gasteiger partial charge in [-0.05, 0) is 68.7 Å². The molecular weight excluding hydrogens is 617 g/mol. The number of esters is 1. The fourth-order valence-electron chi connectivity index (χ4n) is 4.60. The van der Waals surface area contributed by atoms with Crippen molar-refractivity contribution in [2.75, 3.05) is 13.7 Å². The summed E-state index contributed by atoms with van der Waals surface area (Å²) in [5.74, 6) is -0.572. The van der Waals surface area contributed by atoms with Crippen molar-refractivity contribution in [1.82, 2.24) is 9.55 Å². The molecule has 0 bridgehead atoms. The Balaban J connectivity index is 1.69. The summed E-state index contributed by atoms with van der Waals surface area (Å²) in [5.41, 5.74) is 0.677. The van der Waals surface area contributed by atoms with Gasteiger partial charge in [0.15, 0.2) is 17.9 Å². The quantitative estimate of drug-likeness (QED) is 0.159. The van der Waals surface area contributed by atoms with Crippen molar-refractivity contribution in [3.63, 3.8) is 0 Å². The minimum absolute atomic E-state index is 0.147. The first-order valence-electron chi connectivity index (χ1n) is 13.7. The molecule has 0 saturated carbocycles. The van der Waals surface area contributed by atoms with E-state index >= 15 is 0 Å². The van der Waals surface area contributed by atoms with E-state index in [-0.39, 0.29) is 17.7 Å². The van der Waals surface area contributed by atoms with Gasteiger partial charge in [0, 0.05) is 28.6 Å². The predicted molar refractivity (Wildman–Crippen MR) is 159 cm³/mol. The molecule has 0 amide bonds. The molecule has 0 aliphatic heterocycles. The lowest BCUT2D eigenvalue weighted by atomic mass is 9.97. The van der Waals surface area contributed by atoms with Gasteiger partial charge < -0.3 is 18.5 Å². The van der Waals surface area contributed by atoms with E-state index in [4.69, 9.17) is 25.5 Å². The molecule has 45 heavy (non-hydrogen) atoms. The monoisotopic (exact) mass is 646 g/mol. The number of alkyl halides is 3. The van der Waals surface area contributed by atoms with Crippen LogP contribution in [0.5, 0.6) is 5.75 Å². The van der Waals surface area contributed by atoms with E-state index in [0.29, 0.717) is 33.0 Å². The second kappa shape index (κ2) is 13.7.